The van der Waals surface area contributed by atoms with Crippen molar-refractivity contribution in [1.82, 2.24) is 4.98 Å². The van der Waals surface area contributed by atoms with Crippen molar-refractivity contribution < 1.29 is 9.31 Å². The number of hydrogen-bond donors (Lipinski definition) is 0. The van der Waals surface area contributed by atoms with E-state index in [4.69, 9.17) is 14.3 Å². The average Bonchev–Trinajstić information content (AvgIpc) is 3.62. The van der Waals surface area contributed by atoms with Crippen molar-refractivity contribution in [2.75, 3.05) is 6.61 Å². The van der Waals surface area contributed by atoms with Gasteiger partial charge in [0.2, 0.25) is 0 Å². The van der Waals surface area contributed by atoms with Gasteiger partial charge < -0.3 is 9.31 Å². The average molecular weight is 594 g/mol. The van der Waals surface area contributed by atoms with Crippen molar-refractivity contribution in [1.29, 1.82) is 0 Å². The van der Waals surface area contributed by atoms with Crippen LogP contribution in [0.1, 0.15) is 36.1 Å². The topological polar surface area (TPSA) is 31.4 Å². The third-order valence-electron chi connectivity index (χ3n) is 9.74. The Morgan fingerprint density at radius 2 is 1.24 bits per heavy atom. The number of benzene rings is 6. The molecule has 1 fully saturated rings. The van der Waals surface area contributed by atoms with E-state index < -0.39 is 5.41 Å². The lowest BCUT2D eigenvalue weighted by atomic mass is 9.67. The van der Waals surface area contributed by atoms with Gasteiger partial charge in [-0.25, -0.2) is 4.98 Å². The molecule has 1 aromatic heterocycles. The lowest BCUT2D eigenvalue weighted by molar-refractivity contribution is 0.137. The molecule has 2 heterocycles. The summed E-state index contributed by atoms with van der Waals surface area (Å²) in [5.41, 5.74) is 10.9. The van der Waals surface area contributed by atoms with E-state index in [0.717, 1.165) is 33.0 Å². The Balaban J connectivity index is 1.34. The Labute approximate surface area is 269 Å². The van der Waals surface area contributed by atoms with Gasteiger partial charge in [0.15, 0.2) is 0 Å². The Morgan fingerprint density at radius 1 is 0.587 bits per heavy atom. The first-order valence-electron chi connectivity index (χ1n) is 16.0. The molecular formula is C42H32BNO2. The Hall–Kier alpha value is -5.03. The zero-order valence-corrected chi connectivity index (χ0v) is 25.9. The molecule has 1 aliphatic heterocycles. The second-order valence-corrected chi connectivity index (χ2v) is 13.1. The minimum Gasteiger partial charge on any atom is -0.404 e. The molecule has 0 bridgehead atoms. The van der Waals surface area contributed by atoms with Crippen LogP contribution >= 0.6 is 0 Å². The van der Waals surface area contributed by atoms with Gasteiger partial charge in [0.1, 0.15) is 0 Å². The fraction of sp³-hybridized carbons (Fsp3) is 0.119. The first kappa shape index (κ1) is 27.3. The van der Waals surface area contributed by atoms with Crippen molar-refractivity contribution >= 4 is 34.3 Å². The van der Waals surface area contributed by atoms with Gasteiger partial charge in [0.05, 0.1) is 28.8 Å². The highest BCUT2D eigenvalue weighted by molar-refractivity contribution is 6.61. The molecule has 0 atom stereocenters. The van der Waals surface area contributed by atoms with Crippen molar-refractivity contribution in [2.24, 2.45) is 0 Å². The predicted molar refractivity (Wildman–Crippen MR) is 188 cm³/mol. The summed E-state index contributed by atoms with van der Waals surface area (Å²) >= 11 is 0. The maximum atomic E-state index is 6.16. The molecule has 3 nitrogen and oxygen atoms in total. The maximum Gasteiger partial charge on any atom is 0.494 e. The Kier molecular flexibility index (Phi) is 6.08. The summed E-state index contributed by atoms with van der Waals surface area (Å²) in [4.78, 5) is 5.33. The minimum absolute atomic E-state index is 0.290. The molecule has 0 amide bonds. The van der Waals surface area contributed by atoms with Gasteiger partial charge in [-0.15, -0.1) is 0 Å². The van der Waals surface area contributed by atoms with Crippen LogP contribution < -0.4 is 5.46 Å². The summed E-state index contributed by atoms with van der Waals surface area (Å²) < 4.78 is 12.1. The quantitative estimate of drug-likeness (QED) is 0.151. The van der Waals surface area contributed by atoms with E-state index in [9.17, 15) is 0 Å². The molecule has 0 radical (unpaired) electrons. The standard InChI is InChI=1S/C42H32BNO2/c1-41(2)27-45-43(46-41)31-23-21-28(22-24-31)40-36-26-38-35(25-34(36)33-18-10-12-20-39(33)44-40)32-17-9-11-19-37(32)42(38,29-13-5-3-6-14-29)30-15-7-4-8-16-30/h3-26H,27H2,1-2H3. The van der Waals surface area contributed by atoms with Crippen LogP contribution in [0.2, 0.25) is 0 Å². The van der Waals surface area contributed by atoms with Gasteiger partial charge in [-0.3, -0.25) is 0 Å². The number of fused-ring (bicyclic) bond motifs is 6. The highest BCUT2D eigenvalue weighted by atomic mass is 16.7. The first-order valence-corrected chi connectivity index (χ1v) is 16.0. The first-order chi connectivity index (χ1) is 22.5. The highest BCUT2D eigenvalue weighted by Gasteiger charge is 2.46. The molecule has 4 heteroatoms. The van der Waals surface area contributed by atoms with E-state index in [-0.39, 0.29) is 12.7 Å². The van der Waals surface area contributed by atoms with Crippen LogP contribution in [-0.2, 0) is 14.7 Å². The van der Waals surface area contributed by atoms with E-state index in [0.29, 0.717) is 6.61 Å². The van der Waals surface area contributed by atoms with Crippen LogP contribution in [0, 0.1) is 0 Å². The third kappa shape index (κ3) is 4.04. The molecule has 9 rings (SSSR count). The van der Waals surface area contributed by atoms with Crippen LogP contribution in [0.25, 0.3) is 44.1 Å². The van der Waals surface area contributed by atoms with Gasteiger partial charge in [-0.2, -0.15) is 0 Å². The third-order valence-corrected chi connectivity index (χ3v) is 9.74. The van der Waals surface area contributed by atoms with E-state index in [2.05, 4.69) is 159 Å². The Bertz CT molecular complexity index is 2220. The normalized spacial score (nSPS) is 16.1. The molecule has 46 heavy (non-hydrogen) atoms. The van der Waals surface area contributed by atoms with E-state index >= 15 is 0 Å². The lowest BCUT2D eigenvalue weighted by Gasteiger charge is -2.34. The summed E-state index contributed by atoms with van der Waals surface area (Å²) in [6, 6.07) is 52.8. The number of para-hydroxylation sites is 1. The molecule has 0 saturated carbocycles. The molecule has 220 valence electrons. The van der Waals surface area contributed by atoms with E-state index in [1.807, 2.05) is 0 Å². The monoisotopic (exact) mass is 593 g/mol. The second-order valence-electron chi connectivity index (χ2n) is 13.1. The molecule has 6 aromatic carbocycles. The van der Waals surface area contributed by atoms with Gasteiger partial charge in [0.25, 0.3) is 0 Å². The predicted octanol–water partition coefficient (Wildman–Crippen LogP) is 8.94. The van der Waals surface area contributed by atoms with Gasteiger partial charge in [-0.1, -0.05) is 127 Å². The van der Waals surface area contributed by atoms with Crippen molar-refractivity contribution in [3.8, 4) is 22.4 Å². The van der Waals surface area contributed by atoms with Gasteiger partial charge in [0, 0.05) is 16.3 Å². The largest absolute Gasteiger partial charge is 0.494 e. The van der Waals surface area contributed by atoms with E-state index in [1.165, 1.54) is 38.8 Å². The van der Waals surface area contributed by atoms with Crippen LogP contribution in [0.5, 0.6) is 0 Å². The number of hydrogen-bond acceptors (Lipinski definition) is 3. The molecule has 1 saturated heterocycles. The molecule has 0 unspecified atom stereocenters. The van der Waals surface area contributed by atoms with Crippen LogP contribution in [-0.4, -0.2) is 24.3 Å². The molecule has 2 aliphatic rings. The fourth-order valence-electron chi connectivity index (χ4n) is 7.70. The Morgan fingerprint density at radius 3 is 1.93 bits per heavy atom. The highest BCUT2D eigenvalue weighted by Crippen LogP contribution is 2.57. The minimum atomic E-state index is -0.473. The number of pyridine rings is 1. The van der Waals surface area contributed by atoms with Crippen molar-refractivity contribution in [3.05, 3.63) is 168 Å². The van der Waals surface area contributed by atoms with Crippen molar-refractivity contribution in [2.45, 2.75) is 24.9 Å². The lowest BCUT2D eigenvalue weighted by Crippen LogP contribution is -2.34. The van der Waals surface area contributed by atoms with Crippen LogP contribution in [0.3, 0.4) is 0 Å². The number of nitrogens with zero attached hydrogens (tertiary/aromatic N) is 1. The second kappa shape index (κ2) is 10.2. The zero-order valence-electron chi connectivity index (χ0n) is 25.9. The SMILES string of the molecule is CC1(C)COB(c2ccc(-c3nc4ccccc4c4cc5c(cc34)C(c3ccccc3)(c3ccccc3)c3ccccc3-5)cc2)O1. The number of aromatic nitrogens is 1. The van der Waals surface area contributed by atoms with Gasteiger partial charge >= 0.3 is 7.12 Å². The fourth-order valence-corrected chi connectivity index (χ4v) is 7.70. The van der Waals surface area contributed by atoms with Gasteiger partial charge in [-0.05, 0) is 76.3 Å². The molecule has 1 aliphatic carbocycles. The van der Waals surface area contributed by atoms with Crippen LogP contribution in [0.4, 0.5) is 0 Å². The maximum absolute atomic E-state index is 6.16. The van der Waals surface area contributed by atoms with Crippen LogP contribution in [0.15, 0.2) is 146 Å². The summed E-state index contributed by atoms with van der Waals surface area (Å²) in [5.74, 6) is 0. The summed E-state index contributed by atoms with van der Waals surface area (Å²) in [6.07, 6.45) is 0. The molecule has 0 N–H and O–H groups in total. The summed E-state index contributed by atoms with van der Waals surface area (Å²) in [6.45, 7) is 4.71. The molecular weight excluding hydrogens is 561 g/mol. The smallest absolute Gasteiger partial charge is 0.404 e. The van der Waals surface area contributed by atoms with E-state index in [1.54, 1.807) is 0 Å². The molecule has 7 aromatic rings. The summed E-state index contributed by atoms with van der Waals surface area (Å²) in [5, 5.41) is 3.51. The number of rotatable bonds is 4. The molecule has 0 spiro atoms. The van der Waals surface area contributed by atoms with Crippen molar-refractivity contribution in [3.63, 3.8) is 0 Å². The zero-order chi connectivity index (χ0) is 30.9. The summed E-state index contributed by atoms with van der Waals surface area (Å²) in [7, 11) is -0.357.